The SMILES string of the molecule is COCCNC(C)C(C)Cc1ccc(F)cc1F. The molecule has 1 aromatic carbocycles. The molecule has 1 rings (SSSR count). The summed E-state index contributed by atoms with van der Waals surface area (Å²) in [5, 5.41) is 3.31. The first-order chi connectivity index (χ1) is 8.54. The van der Waals surface area contributed by atoms with E-state index >= 15 is 0 Å². The summed E-state index contributed by atoms with van der Waals surface area (Å²) in [6.45, 7) is 5.53. The third kappa shape index (κ3) is 4.70. The Bertz CT molecular complexity index is 371. The number of methoxy groups -OCH3 is 1. The Kier molecular flexibility index (Phi) is 6.22. The largest absolute Gasteiger partial charge is 0.383 e. The van der Waals surface area contributed by atoms with Crippen LogP contribution in [-0.2, 0) is 11.2 Å². The molecule has 1 N–H and O–H groups in total. The van der Waals surface area contributed by atoms with Crippen molar-refractivity contribution < 1.29 is 13.5 Å². The van der Waals surface area contributed by atoms with Crippen LogP contribution in [0, 0.1) is 17.6 Å². The molecule has 0 aliphatic heterocycles. The summed E-state index contributed by atoms with van der Waals surface area (Å²) in [5.74, 6) is -0.733. The van der Waals surface area contributed by atoms with Crippen LogP contribution < -0.4 is 5.32 Å². The molecule has 2 atom stereocenters. The highest BCUT2D eigenvalue weighted by Gasteiger charge is 2.14. The number of nitrogens with one attached hydrogen (secondary N) is 1. The van der Waals surface area contributed by atoms with Gasteiger partial charge in [0.2, 0.25) is 0 Å². The van der Waals surface area contributed by atoms with Crippen LogP contribution in [0.25, 0.3) is 0 Å². The van der Waals surface area contributed by atoms with Gasteiger partial charge in [0.15, 0.2) is 0 Å². The predicted molar refractivity (Wildman–Crippen MR) is 68.6 cm³/mol. The van der Waals surface area contributed by atoms with Crippen molar-refractivity contribution in [3.05, 3.63) is 35.4 Å². The first kappa shape index (κ1) is 15.1. The first-order valence-electron chi connectivity index (χ1n) is 6.20. The predicted octanol–water partition coefficient (Wildman–Crippen LogP) is 2.77. The molecule has 0 aliphatic rings. The zero-order valence-corrected chi connectivity index (χ0v) is 11.2. The lowest BCUT2D eigenvalue weighted by Gasteiger charge is -2.21. The van der Waals surface area contributed by atoms with Gasteiger partial charge < -0.3 is 10.1 Å². The van der Waals surface area contributed by atoms with Crippen LogP contribution >= 0.6 is 0 Å². The monoisotopic (exact) mass is 257 g/mol. The smallest absolute Gasteiger partial charge is 0.129 e. The molecule has 0 saturated heterocycles. The highest BCUT2D eigenvalue weighted by Crippen LogP contribution is 2.16. The van der Waals surface area contributed by atoms with Crippen LogP contribution in [0.2, 0.25) is 0 Å². The van der Waals surface area contributed by atoms with Crippen molar-refractivity contribution in [3.8, 4) is 0 Å². The van der Waals surface area contributed by atoms with Gasteiger partial charge in [-0.3, -0.25) is 0 Å². The van der Waals surface area contributed by atoms with Gasteiger partial charge in [0.05, 0.1) is 6.61 Å². The summed E-state index contributed by atoms with van der Waals surface area (Å²) >= 11 is 0. The van der Waals surface area contributed by atoms with Gasteiger partial charge in [0, 0.05) is 25.8 Å². The maximum absolute atomic E-state index is 13.5. The summed E-state index contributed by atoms with van der Waals surface area (Å²) in [6, 6.07) is 4.01. The van der Waals surface area contributed by atoms with Gasteiger partial charge in [0.1, 0.15) is 11.6 Å². The van der Waals surface area contributed by atoms with E-state index in [1.54, 1.807) is 7.11 Å². The van der Waals surface area contributed by atoms with Gasteiger partial charge in [-0.1, -0.05) is 13.0 Å². The van der Waals surface area contributed by atoms with Crippen molar-refractivity contribution in [2.24, 2.45) is 5.92 Å². The molecule has 4 heteroatoms. The number of ether oxygens (including phenoxy) is 1. The molecule has 0 aliphatic carbocycles. The van der Waals surface area contributed by atoms with Crippen LogP contribution in [-0.4, -0.2) is 26.3 Å². The topological polar surface area (TPSA) is 21.3 Å². The zero-order chi connectivity index (χ0) is 13.5. The van der Waals surface area contributed by atoms with Crippen LogP contribution in [0.5, 0.6) is 0 Å². The van der Waals surface area contributed by atoms with Crippen LogP contribution in [0.1, 0.15) is 19.4 Å². The number of hydrogen-bond donors (Lipinski definition) is 1. The molecule has 0 saturated carbocycles. The van der Waals surface area contributed by atoms with Crippen molar-refractivity contribution in [2.75, 3.05) is 20.3 Å². The quantitative estimate of drug-likeness (QED) is 0.758. The van der Waals surface area contributed by atoms with Crippen molar-refractivity contribution >= 4 is 0 Å². The number of rotatable bonds is 7. The fourth-order valence-electron chi connectivity index (χ4n) is 1.80. The Hall–Kier alpha value is -1.00. The lowest BCUT2D eigenvalue weighted by Crippen LogP contribution is -2.35. The average molecular weight is 257 g/mol. The third-order valence-electron chi connectivity index (χ3n) is 3.18. The highest BCUT2D eigenvalue weighted by molar-refractivity contribution is 5.19. The van der Waals surface area contributed by atoms with Crippen molar-refractivity contribution in [1.29, 1.82) is 0 Å². The minimum absolute atomic E-state index is 0.254. The molecule has 0 bridgehead atoms. The van der Waals surface area contributed by atoms with E-state index in [1.165, 1.54) is 12.1 Å². The van der Waals surface area contributed by atoms with E-state index in [1.807, 2.05) is 6.92 Å². The molecule has 0 spiro atoms. The van der Waals surface area contributed by atoms with Gasteiger partial charge in [-0.15, -0.1) is 0 Å². The Labute approximate surface area is 107 Å². The summed E-state index contributed by atoms with van der Waals surface area (Å²) < 4.78 is 31.2. The number of halogens is 2. The van der Waals surface area contributed by atoms with E-state index in [0.717, 1.165) is 12.6 Å². The van der Waals surface area contributed by atoms with E-state index in [2.05, 4.69) is 12.2 Å². The van der Waals surface area contributed by atoms with Crippen molar-refractivity contribution in [1.82, 2.24) is 5.32 Å². The maximum atomic E-state index is 13.5. The lowest BCUT2D eigenvalue weighted by molar-refractivity contribution is 0.192. The second-order valence-corrected chi connectivity index (χ2v) is 4.65. The first-order valence-corrected chi connectivity index (χ1v) is 6.20. The zero-order valence-electron chi connectivity index (χ0n) is 11.2. The number of hydrogen-bond acceptors (Lipinski definition) is 2. The van der Waals surface area contributed by atoms with E-state index < -0.39 is 11.6 Å². The van der Waals surface area contributed by atoms with Crippen molar-refractivity contribution in [2.45, 2.75) is 26.3 Å². The minimum Gasteiger partial charge on any atom is -0.383 e. The van der Waals surface area contributed by atoms with Crippen molar-refractivity contribution in [3.63, 3.8) is 0 Å². The van der Waals surface area contributed by atoms with Gasteiger partial charge in [-0.05, 0) is 30.9 Å². The molecule has 0 fully saturated rings. The average Bonchev–Trinajstić information content (AvgIpc) is 2.32. The molecule has 2 unspecified atom stereocenters. The Morgan fingerprint density at radius 2 is 2.00 bits per heavy atom. The van der Waals surface area contributed by atoms with Crippen LogP contribution in [0.15, 0.2) is 18.2 Å². The van der Waals surface area contributed by atoms with Gasteiger partial charge in [-0.25, -0.2) is 8.78 Å². The minimum atomic E-state index is -0.532. The second-order valence-electron chi connectivity index (χ2n) is 4.65. The molecule has 2 nitrogen and oxygen atoms in total. The third-order valence-corrected chi connectivity index (χ3v) is 3.18. The molecule has 0 heterocycles. The van der Waals surface area contributed by atoms with Crippen LogP contribution in [0.3, 0.4) is 0 Å². The molecular formula is C14H21F2NO. The molecule has 102 valence electrons. The molecule has 0 radical (unpaired) electrons. The van der Waals surface area contributed by atoms with E-state index in [4.69, 9.17) is 4.74 Å². The molecule has 0 amide bonds. The highest BCUT2D eigenvalue weighted by atomic mass is 19.1. The van der Waals surface area contributed by atoms with E-state index in [9.17, 15) is 8.78 Å². The Morgan fingerprint density at radius 3 is 2.61 bits per heavy atom. The fraction of sp³-hybridized carbons (Fsp3) is 0.571. The maximum Gasteiger partial charge on any atom is 0.129 e. The van der Waals surface area contributed by atoms with E-state index in [-0.39, 0.29) is 12.0 Å². The molecular weight excluding hydrogens is 236 g/mol. The molecule has 0 aromatic heterocycles. The Balaban J connectivity index is 2.50. The second kappa shape index (κ2) is 7.44. The molecule has 18 heavy (non-hydrogen) atoms. The number of benzene rings is 1. The van der Waals surface area contributed by atoms with Gasteiger partial charge in [0.25, 0.3) is 0 Å². The normalized spacial score (nSPS) is 14.5. The molecule has 1 aromatic rings. The lowest BCUT2D eigenvalue weighted by atomic mass is 9.94. The Morgan fingerprint density at radius 1 is 1.28 bits per heavy atom. The fourth-order valence-corrected chi connectivity index (χ4v) is 1.80. The summed E-state index contributed by atoms with van der Waals surface area (Å²) in [7, 11) is 1.66. The van der Waals surface area contributed by atoms with Gasteiger partial charge >= 0.3 is 0 Å². The van der Waals surface area contributed by atoms with Gasteiger partial charge in [-0.2, -0.15) is 0 Å². The summed E-state index contributed by atoms with van der Waals surface area (Å²) in [5.41, 5.74) is 0.560. The van der Waals surface area contributed by atoms with E-state index in [0.29, 0.717) is 18.6 Å². The standard InChI is InChI=1S/C14H21F2NO/c1-10(11(2)17-6-7-18-3)8-12-4-5-13(15)9-14(12)16/h4-5,9-11,17H,6-8H2,1-3H3. The van der Waals surface area contributed by atoms with Crippen LogP contribution in [0.4, 0.5) is 8.78 Å². The summed E-state index contributed by atoms with van der Waals surface area (Å²) in [6.07, 6.45) is 0.591. The summed E-state index contributed by atoms with van der Waals surface area (Å²) in [4.78, 5) is 0.